The van der Waals surface area contributed by atoms with Gasteiger partial charge in [-0.3, -0.25) is 4.79 Å². The van der Waals surface area contributed by atoms with E-state index in [1.807, 2.05) is 6.07 Å². The zero-order valence-corrected chi connectivity index (χ0v) is 13.3. The maximum absolute atomic E-state index is 12.3. The van der Waals surface area contributed by atoms with Crippen molar-refractivity contribution in [3.8, 4) is 11.5 Å². The number of piperidine rings is 1. The van der Waals surface area contributed by atoms with Crippen LogP contribution in [-0.4, -0.2) is 56.8 Å². The van der Waals surface area contributed by atoms with Crippen LogP contribution < -0.4 is 14.8 Å². The van der Waals surface area contributed by atoms with Crippen LogP contribution in [0.5, 0.6) is 11.5 Å². The monoisotopic (exact) mass is 305 g/mol. The van der Waals surface area contributed by atoms with Crippen LogP contribution >= 0.6 is 0 Å². The summed E-state index contributed by atoms with van der Waals surface area (Å²) >= 11 is 0. The number of benzene rings is 1. The lowest BCUT2D eigenvalue weighted by molar-refractivity contribution is -0.912. The Labute approximate surface area is 131 Å². The minimum Gasteiger partial charge on any atom is -0.486 e. The predicted molar refractivity (Wildman–Crippen MR) is 84.4 cm³/mol. The highest BCUT2D eigenvalue weighted by molar-refractivity contribution is 5.94. The molecule has 2 aliphatic heterocycles. The summed E-state index contributed by atoms with van der Waals surface area (Å²) in [5, 5.41) is 3.03. The smallest absolute Gasteiger partial charge is 0.251 e. The van der Waals surface area contributed by atoms with Crippen molar-refractivity contribution in [1.29, 1.82) is 0 Å². The maximum atomic E-state index is 12.3. The molecule has 1 N–H and O–H groups in total. The summed E-state index contributed by atoms with van der Waals surface area (Å²) < 4.78 is 12.1. The van der Waals surface area contributed by atoms with E-state index in [1.165, 1.54) is 32.4 Å². The zero-order valence-electron chi connectivity index (χ0n) is 13.3. The molecular formula is C17H25N2O3+. The van der Waals surface area contributed by atoms with Crippen LogP contribution in [0.3, 0.4) is 0 Å². The van der Waals surface area contributed by atoms with Crippen molar-refractivity contribution in [3.63, 3.8) is 0 Å². The summed E-state index contributed by atoms with van der Waals surface area (Å²) in [5.74, 6) is 1.34. The van der Waals surface area contributed by atoms with E-state index >= 15 is 0 Å². The Morgan fingerprint density at radius 1 is 1.14 bits per heavy atom. The van der Waals surface area contributed by atoms with E-state index in [4.69, 9.17) is 9.47 Å². The molecule has 1 fully saturated rings. The molecule has 0 aliphatic carbocycles. The van der Waals surface area contributed by atoms with Crippen molar-refractivity contribution in [1.82, 2.24) is 5.32 Å². The van der Waals surface area contributed by atoms with Gasteiger partial charge < -0.3 is 19.3 Å². The van der Waals surface area contributed by atoms with E-state index in [9.17, 15) is 4.79 Å². The fourth-order valence-electron chi connectivity index (χ4n) is 3.23. The van der Waals surface area contributed by atoms with Gasteiger partial charge >= 0.3 is 0 Å². The molecule has 1 amide bonds. The van der Waals surface area contributed by atoms with Gasteiger partial charge in [0, 0.05) is 5.56 Å². The molecule has 0 atom stereocenters. The third-order valence-electron chi connectivity index (χ3n) is 4.64. The molecular weight excluding hydrogens is 280 g/mol. The van der Waals surface area contributed by atoms with E-state index in [0.29, 0.717) is 36.8 Å². The minimum atomic E-state index is -0.0411. The van der Waals surface area contributed by atoms with Gasteiger partial charge in [-0.25, -0.2) is 0 Å². The third kappa shape index (κ3) is 3.53. The Bertz CT molecular complexity index is 539. The first-order valence-electron chi connectivity index (χ1n) is 8.18. The van der Waals surface area contributed by atoms with Crippen molar-refractivity contribution < 1.29 is 18.8 Å². The molecule has 0 saturated carbocycles. The van der Waals surface area contributed by atoms with Crippen LogP contribution in [0.15, 0.2) is 18.2 Å². The second kappa shape index (κ2) is 6.57. The topological polar surface area (TPSA) is 47.6 Å². The first-order valence-corrected chi connectivity index (χ1v) is 8.18. The molecule has 1 aromatic rings. The van der Waals surface area contributed by atoms with E-state index < -0.39 is 0 Å². The molecule has 0 unspecified atom stereocenters. The SMILES string of the molecule is C[N+]1(CCNC(=O)c2ccc3c(c2)OCCO3)CCCCC1. The molecule has 120 valence electrons. The fraction of sp³-hybridized carbons (Fsp3) is 0.588. The van der Waals surface area contributed by atoms with Crippen LogP contribution in [0.2, 0.25) is 0 Å². The molecule has 5 heteroatoms. The molecule has 2 heterocycles. The van der Waals surface area contributed by atoms with Gasteiger partial charge in [0.15, 0.2) is 11.5 Å². The van der Waals surface area contributed by atoms with Crippen LogP contribution in [0.1, 0.15) is 29.6 Å². The Balaban J connectivity index is 1.53. The number of hydrogen-bond acceptors (Lipinski definition) is 3. The average Bonchev–Trinajstić information content (AvgIpc) is 2.55. The highest BCUT2D eigenvalue weighted by atomic mass is 16.6. The summed E-state index contributed by atoms with van der Waals surface area (Å²) in [4.78, 5) is 12.3. The minimum absolute atomic E-state index is 0.0411. The van der Waals surface area contributed by atoms with Gasteiger partial charge in [0.2, 0.25) is 0 Å². The van der Waals surface area contributed by atoms with Gasteiger partial charge in [-0.2, -0.15) is 0 Å². The number of carbonyl (C=O) groups is 1. The number of nitrogens with zero attached hydrogens (tertiary/aromatic N) is 1. The second-order valence-corrected chi connectivity index (χ2v) is 6.47. The van der Waals surface area contributed by atoms with Crippen LogP contribution in [0.4, 0.5) is 0 Å². The summed E-state index contributed by atoms with van der Waals surface area (Å²) in [6.45, 7) is 5.25. The Hall–Kier alpha value is -1.75. The highest BCUT2D eigenvalue weighted by Gasteiger charge is 2.24. The highest BCUT2D eigenvalue weighted by Crippen LogP contribution is 2.30. The maximum Gasteiger partial charge on any atom is 0.251 e. The molecule has 3 rings (SSSR count). The van der Waals surface area contributed by atoms with Crippen molar-refractivity contribution in [3.05, 3.63) is 23.8 Å². The molecule has 5 nitrogen and oxygen atoms in total. The Morgan fingerprint density at radius 3 is 2.64 bits per heavy atom. The number of carbonyl (C=O) groups excluding carboxylic acids is 1. The lowest BCUT2D eigenvalue weighted by atomic mass is 10.1. The van der Waals surface area contributed by atoms with Gasteiger partial charge in [0.25, 0.3) is 5.91 Å². The number of quaternary nitrogens is 1. The van der Waals surface area contributed by atoms with Crippen molar-refractivity contribution >= 4 is 5.91 Å². The molecule has 1 saturated heterocycles. The number of nitrogens with one attached hydrogen (secondary N) is 1. The molecule has 0 radical (unpaired) electrons. The predicted octanol–water partition coefficient (Wildman–Crippen LogP) is 1.82. The van der Waals surface area contributed by atoms with Crippen molar-refractivity contribution in [2.45, 2.75) is 19.3 Å². The molecule has 1 aromatic carbocycles. The van der Waals surface area contributed by atoms with Crippen LogP contribution in [0.25, 0.3) is 0 Å². The van der Waals surface area contributed by atoms with E-state index in [1.54, 1.807) is 12.1 Å². The van der Waals surface area contributed by atoms with E-state index in [-0.39, 0.29) is 5.91 Å². The third-order valence-corrected chi connectivity index (χ3v) is 4.64. The van der Waals surface area contributed by atoms with E-state index in [2.05, 4.69) is 12.4 Å². The summed E-state index contributed by atoms with van der Waals surface area (Å²) in [6, 6.07) is 5.36. The zero-order chi connectivity index (χ0) is 15.4. The van der Waals surface area contributed by atoms with Gasteiger partial charge in [-0.15, -0.1) is 0 Å². The van der Waals surface area contributed by atoms with Gasteiger partial charge in [-0.05, 0) is 37.5 Å². The lowest BCUT2D eigenvalue weighted by Gasteiger charge is -2.37. The number of fused-ring (bicyclic) bond motifs is 1. The first kappa shape index (κ1) is 15.2. The largest absolute Gasteiger partial charge is 0.486 e. The summed E-state index contributed by atoms with van der Waals surface area (Å²) in [5.41, 5.74) is 0.630. The Kier molecular flexibility index (Phi) is 4.52. The standard InChI is InChI=1S/C17H24N2O3/c1-19(8-3-2-4-9-19)10-7-18-17(20)14-5-6-15-16(13-14)22-12-11-21-15/h5-6,13H,2-4,7-12H2,1H3/p+1. The molecule has 0 spiro atoms. The van der Waals surface area contributed by atoms with Gasteiger partial charge in [-0.1, -0.05) is 0 Å². The number of likely N-dealkylation sites (tertiary alicyclic amines) is 1. The number of likely N-dealkylation sites (N-methyl/N-ethyl adjacent to an activating group) is 1. The quantitative estimate of drug-likeness (QED) is 0.863. The number of amides is 1. The first-order chi connectivity index (χ1) is 10.7. The molecule has 0 aromatic heterocycles. The van der Waals surface area contributed by atoms with Crippen molar-refractivity contribution in [2.24, 2.45) is 0 Å². The van der Waals surface area contributed by atoms with E-state index in [0.717, 1.165) is 11.0 Å². The number of rotatable bonds is 4. The fourth-order valence-corrected chi connectivity index (χ4v) is 3.23. The molecule has 2 aliphatic rings. The lowest BCUT2D eigenvalue weighted by Crippen LogP contribution is -2.51. The summed E-state index contributed by atoms with van der Waals surface area (Å²) in [6.07, 6.45) is 3.94. The van der Waals surface area contributed by atoms with Gasteiger partial charge in [0.1, 0.15) is 13.2 Å². The second-order valence-electron chi connectivity index (χ2n) is 6.47. The van der Waals surface area contributed by atoms with Gasteiger partial charge in [0.05, 0.1) is 33.2 Å². The molecule has 22 heavy (non-hydrogen) atoms. The van der Waals surface area contributed by atoms with Crippen molar-refractivity contribution in [2.75, 3.05) is 46.4 Å². The normalized spacial score (nSPS) is 19.5. The average molecular weight is 305 g/mol. The number of hydrogen-bond donors (Lipinski definition) is 1. The summed E-state index contributed by atoms with van der Waals surface area (Å²) in [7, 11) is 2.29. The van der Waals surface area contributed by atoms with Crippen LogP contribution in [0, 0.1) is 0 Å². The molecule has 0 bridgehead atoms. The Morgan fingerprint density at radius 2 is 1.86 bits per heavy atom. The van der Waals surface area contributed by atoms with Crippen LogP contribution in [-0.2, 0) is 0 Å². The number of ether oxygens (including phenoxy) is 2.